The second-order valence-electron chi connectivity index (χ2n) is 7.11. The average Bonchev–Trinajstić information content (AvgIpc) is 3.42. The summed E-state index contributed by atoms with van der Waals surface area (Å²) in [7, 11) is 1.98. The van der Waals surface area contributed by atoms with E-state index >= 15 is 0 Å². The van der Waals surface area contributed by atoms with Crippen molar-refractivity contribution in [2.75, 3.05) is 26.7 Å². The Labute approximate surface area is 169 Å². The van der Waals surface area contributed by atoms with E-state index in [4.69, 9.17) is 0 Å². The van der Waals surface area contributed by atoms with Crippen LogP contribution in [0.5, 0.6) is 0 Å². The number of rotatable bonds is 6. The summed E-state index contributed by atoms with van der Waals surface area (Å²) in [5.41, 5.74) is 0.906. The fraction of sp³-hybridized carbons (Fsp3) is 0.381. The Kier molecular flexibility index (Phi) is 5.83. The van der Waals surface area contributed by atoms with Crippen LogP contribution in [0.2, 0.25) is 0 Å². The van der Waals surface area contributed by atoms with Crippen LogP contribution in [0.15, 0.2) is 47.8 Å². The van der Waals surface area contributed by atoms with Crippen LogP contribution in [0, 0.1) is 5.92 Å². The lowest BCUT2D eigenvalue weighted by molar-refractivity contribution is 0.0675. The Hall–Kier alpha value is -2.51. The zero-order valence-corrected chi connectivity index (χ0v) is 16.9. The molecule has 0 unspecified atom stereocenters. The Morgan fingerprint density at radius 1 is 1.18 bits per heavy atom. The molecule has 0 radical (unpaired) electrons. The number of nitrogens with one attached hydrogen (secondary N) is 1. The lowest BCUT2D eigenvalue weighted by Crippen LogP contribution is -2.39. The predicted molar refractivity (Wildman–Crippen MR) is 112 cm³/mol. The molecule has 1 aliphatic heterocycles. The monoisotopic (exact) mass is 395 g/mol. The molecule has 4 rings (SSSR count). The molecule has 3 aromatic rings. The molecule has 1 fully saturated rings. The van der Waals surface area contributed by atoms with Gasteiger partial charge in [0.25, 0.3) is 5.91 Å². The quantitative estimate of drug-likeness (QED) is 0.694. The Bertz CT molecular complexity index is 898. The number of benzene rings is 1. The molecule has 28 heavy (non-hydrogen) atoms. The molecular weight excluding hydrogens is 370 g/mol. The summed E-state index contributed by atoms with van der Waals surface area (Å²) < 4.78 is 1.78. The second-order valence-corrected chi connectivity index (χ2v) is 8.06. The van der Waals surface area contributed by atoms with Crippen LogP contribution >= 0.6 is 11.3 Å². The number of hydrogen-bond donors (Lipinski definition) is 1. The highest BCUT2D eigenvalue weighted by Crippen LogP contribution is 2.26. The zero-order valence-electron chi connectivity index (χ0n) is 16.0. The predicted octanol–water partition coefficient (Wildman–Crippen LogP) is 3.46. The number of thiophene rings is 1. The zero-order chi connectivity index (χ0) is 19.3. The molecule has 1 N–H and O–H groups in total. The highest BCUT2D eigenvalue weighted by molar-refractivity contribution is 7.13. The molecule has 1 aromatic carbocycles. The second kappa shape index (κ2) is 8.67. The number of likely N-dealkylation sites (tertiary alicyclic amines) is 1. The van der Waals surface area contributed by atoms with E-state index in [1.165, 1.54) is 6.42 Å². The van der Waals surface area contributed by atoms with Crippen LogP contribution in [0.25, 0.3) is 16.4 Å². The van der Waals surface area contributed by atoms with Crippen molar-refractivity contribution in [1.82, 2.24) is 25.0 Å². The van der Waals surface area contributed by atoms with Crippen molar-refractivity contribution in [2.45, 2.75) is 19.3 Å². The summed E-state index contributed by atoms with van der Waals surface area (Å²) in [5, 5.41) is 9.81. The van der Waals surface area contributed by atoms with E-state index in [1.807, 2.05) is 59.8 Å². The van der Waals surface area contributed by atoms with Gasteiger partial charge in [-0.1, -0.05) is 24.3 Å². The minimum absolute atomic E-state index is 0.0699. The lowest BCUT2D eigenvalue weighted by atomic mass is 9.93. The third-order valence-corrected chi connectivity index (χ3v) is 6.11. The van der Waals surface area contributed by atoms with Crippen LogP contribution in [-0.4, -0.2) is 52.3 Å². The largest absolute Gasteiger partial charge is 0.336 e. The van der Waals surface area contributed by atoms with Gasteiger partial charge in [0.15, 0.2) is 5.82 Å². The summed E-state index contributed by atoms with van der Waals surface area (Å²) in [6.07, 6.45) is 3.26. The first-order chi connectivity index (χ1) is 13.8. The Morgan fingerprint density at radius 2 is 1.96 bits per heavy atom. The van der Waals surface area contributed by atoms with Gasteiger partial charge in [0.1, 0.15) is 0 Å². The minimum Gasteiger partial charge on any atom is -0.336 e. The van der Waals surface area contributed by atoms with Gasteiger partial charge in [0, 0.05) is 13.1 Å². The summed E-state index contributed by atoms with van der Waals surface area (Å²) in [6, 6.07) is 13.9. The maximum Gasteiger partial charge on any atom is 0.293 e. The van der Waals surface area contributed by atoms with Gasteiger partial charge in [-0.3, -0.25) is 4.79 Å². The number of para-hydroxylation sites is 1. The molecule has 6 nitrogen and oxygen atoms in total. The number of piperidine rings is 1. The van der Waals surface area contributed by atoms with Gasteiger partial charge in [-0.2, -0.15) is 0 Å². The molecule has 2 aromatic heterocycles. The van der Waals surface area contributed by atoms with Gasteiger partial charge in [-0.05, 0) is 62.4 Å². The minimum atomic E-state index is -0.0699. The van der Waals surface area contributed by atoms with Crippen molar-refractivity contribution in [3.8, 4) is 16.4 Å². The van der Waals surface area contributed by atoms with Crippen molar-refractivity contribution in [1.29, 1.82) is 0 Å². The van der Waals surface area contributed by atoms with Crippen LogP contribution in [0.1, 0.15) is 29.9 Å². The molecule has 7 heteroatoms. The van der Waals surface area contributed by atoms with Gasteiger partial charge >= 0.3 is 0 Å². The van der Waals surface area contributed by atoms with E-state index in [-0.39, 0.29) is 11.7 Å². The molecule has 0 bridgehead atoms. The first kappa shape index (κ1) is 18.8. The number of aromatic nitrogens is 3. The molecule has 146 valence electrons. The van der Waals surface area contributed by atoms with Crippen molar-refractivity contribution in [3.63, 3.8) is 0 Å². The summed E-state index contributed by atoms with van der Waals surface area (Å²) >= 11 is 1.60. The first-order valence-electron chi connectivity index (χ1n) is 9.76. The number of carbonyl (C=O) groups is 1. The lowest BCUT2D eigenvalue weighted by Gasteiger charge is -2.31. The maximum atomic E-state index is 13.1. The molecule has 1 aliphatic rings. The first-order valence-corrected chi connectivity index (χ1v) is 10.6. The van der Waals surface area contributed by atoms with E-state index in [0.29, 0.717) is 11.7 Å². The van der Waals surface area contributed by atoms with Crippen molar-refractivity contribution in [2.24, 2.45) is 5.92 Å². The van der Waals surface area contributed by atoms with Crippen LogP contribution < -0.4 is 5.32 Å². The SMILES string of the molecule is CNCCC1CCN(C(=O)c2nc(-c3cccs3)n(-c3ccccc3)n2)CC1. The van der Waals surface area contributed by atoms with Gasteiger partial charge in [0.2, 0.25) is 5.82 Å². The molecule has 0 aliphatic carbocycles. The molecule has 1 amide bonds. The van der Waals surface area contributed by atoms with Gasteiger partial charge in [-0.15, -0.1) is 16.4 Å². The van der Waals surface area contributed by atoms with Crippen LogP contribution in [-0.2, 0) is 0 Å². The fourth-order valence-electron chi connectivity index (χ4n) is 3.63. The van der Waals surface area contributed by atoms with E-state index < -0.39 is 0 Å². The third-order valence-electron chi connectivity index (χ3n) is 5.25. The molecule has 0 spiro atoms. The average molecular weight is 396 g/mol. The smallest absolute Gasteiger partial charge is 0.293 e. The highest BCUT2D eigenvalue weighted by Gasteiger charge is 2.27. The van der Waals surface area contributed by atoms with E-state index in [9.17, 15) is 4.79 Å². The Morgan fingerprint density at radius 3 is 2.64 bits per heavy atom. The van der Waals surface area contributed by atoms with Gasteiger partial charge < -0.3 is 10.2 Å². The number of amides is 1. The summed E-state index contributed by atoms with van der Waals surface area (Å²) in [5.74, 6) is 1.61. The molecule has 0 atom stereocenters. The maximum absolute atomic E-state index is 13.1. The van der Waals surface area contributed by atoms with Crippen LogP contribution in [0.4, 0.5) is 0 Å². The third kappa shape index (κ3) is 4.00. The van der Waals surface area contributed by atoms with Crippen molar-refractivity contribution in [3.05, 3.63) is 53.7 Å². The Balaban J connectivity index is 1.56. The molecule has 3 heterocycles. The van der Waals surface area contributed by atoms with Crippen molar-refractivity contribution >= 4 is 17.2 Å². The number of carbonyl (C=O) groups excluding carboxylic acids is 1. The number of hydrogen-bond acceptors (Lipinski definition) is 5. The molecule has 1 saturated heterocycles. The normalized spacial score (nSPS) is 15.1. The van der Waals surface area contributed by atoms with Gasteiger partial charge in [0.05, 0.1) is 10.6 Å². The standard InChI is InChI=1S/C21H25N5OS/c1-22-12-9-16-10-13-25(14-11-16)21(27)19-23-20(18-8-5-15-28-18)26(24-19)17-6-3-2-4-7-17/h2-8,15-16,22H,9-14H2,1H3. The fourth-order valence-corrected chi connectivity index (χ4v) is 4.33. The molecular formula is C21H25N5OS. The summed E-state index contributed by atoms with van der Waals surface area (Å²) in [4.78, 5) is 20.6. The number of nitrogens with zero attached hydrogens (tertiary/aromatic N) is 4. The highest BCUT2D eigenvalue weighted by atomic mass is 32.1. The van der Waals surface area contributed by atoms with E-state index in [2.05, 4.69) is 15.4 Å². The van der Waals surface area contributed by atoms with E-state index in [0.717, 1.165) is 43.0 Å². The molecule has 0 saturated carbocycles. The van der Waals surface area contributed by atoms with Crippen molar-refractivity contribution < 1.29 is 4.79 Å². The van der Waals surface area contributed by atoms with Crippen LogP contribution in [0.3, 0.4) is 0 Å². The van der Waals surface area contributed by atoms with E-state index in [1.54, 1.807) is 16.0 Å². The topological polar surface area (TPSA) is 63.1 Å². The summed E-state index contributed by atoms with van der Waals surface area (Å²) in [6.45, 7) is 2.59. The van der Waals surface area contributed by atoms with Gasteiger partial charge in [-0.25, -0.2) is 9.67 Å².